The van der Waals surface area contributed by atoms with Gasteiger partial charge in [0, 0.05) is 6.20 Å². The highest BCUT2D eigenvalue weighted by molar-refractivity contribution is 7.80. The molecule has 1 rings (SSSR count). The van der Waals surface area contributed by atoms with E-state index in [2.05, 4.69) is 18.8 Å². The standard InChI is InChI=1S/C5H5NO2S/c1-2-6-4(7)3-8-5(6)9/h2H,1,3H2. The molecular weight excluding hydrogens is 138 g/mol. The van der Waals surface area contributed by atoms with Crippen molar-refractivity contribution in [3.63, 3.8) is 0 Å². The smallest absolute Gasteiger partial charge is 0.272 e. The van der Waals surface area contributed by atoms with E-state index in [-0.39, 0.29) is 17.7 Å². The van der Waals surface area contributed by atoms with Crippen LogP contribution in [0.25, 0.3) is 0 Å². The Kier molecular flexibility index (Phi) is 1.48. The van der Waals surface area contributed by atoms with Crippen molar-refractivity contribution in [3.05, 3.63) is 12.8 Å². The van der Waals surface area contributed by atoms with Gasteiger partial charge in [-0.3, -0.25) is 4.79 Å². The molecule has 0 spiro atoms. The van der Waals surface area contributed by atoms with Crippen molar-refractivity contribution in [3.8, 4) is 0 Å². The molecule has 0 atom stereocenters. The topological polar surface area (TPSA) is 29.5 Å². The van der Waals surface area contributed by atoms with E-state index < -0.39 is 0 Å². The zero-order chi connectivity index (χ0) is 6.85. The van der Waals surface area contributed by atoms with E-state index in [1.807, 2.05) is 0 Å². The number of nitrogens with zero attached hydrogens (tertiary/aromatic N) is 1. The molecule has 0 radical (unpaired) electrons. The molecule has 1 amide bonds. The summed E-state index contributed by atoms with van der Waals surface area (Å²) in [5.74, 6) is -0.157. The molecule has 3 nitrogen and oxygen atoms in total. The number of carbonyl (C=O) groups is 1. The molecule has 1 aliphatic heterocycles. The van der Waals surface area contributed by atoms with E-state index >= 15 is 0 Å². The van der Waals surface area contributed by atoms with Crippen LogP contribution in [0, 0.1) is 0 Å². The van der Waals surface area contributed by atoms with Gasteiger partial charge in [0.15, 0.2) is 6.61 Å². The Labute approximate surface area is 57.9 Å². The molecule has 0 aromatic heterocycles. The van der Waals surface area contributed by atoms with Crippen molar-refractivity contribution in [2.24, 2.45) is 0 Å². The van der Waals surface area contributed by atoms with Gasteiger partial charge in [0.25, 0.3) is 11.1 Å². The lowest BCUT2D eigenvalue weighted by molar-refractivity contribution is -0.124. The average molecular weight is 143 g/mol. The van der Waals surface area contributed by atoms with Crippen molar-refractivity contribution in [2.75, 3.05) is 6.61 Å². The van der Waals surface area contributed by atoms with Gasteiger partial charge in [0.1, 0.15) is 0 Å². The zero-order valence-electron chi connectivity index (χ0n) is 4.66. The number of thiocarbonyl (C=S) groups is 1. The summed E-state index contributed by atoms with van der Waals surface area (Å²) < 4.78 is 4.71. The first-order chi connectivity index (χ1) is 4.25. The third-order valence-electron chi connectivity index (χ3n) is 0.967. The predicted molar refractivity (Wildman–Crippen MR) is 35.6 cm³/mol. The molecule has 0 N–H and O–H groups in total. The van der Waals surface area contributed by atoms with Gasteiger partial charge in [-0.15, -0.1) is 0 Å². The molecule has 48 valence electrons. The molecule has 9 heavy (non-hydrogen) atoms. The average Bonchev–Trinajstić information content (AvgIpc) is 2.12. The lowest BCUT2D eigenvalue weighted by Gasteiger charge is -2.02. The van der Waals surface area contributed by atoms with E-state index in [4.69, 9.17) is 4.74 Å². The summed E-state index contributed by atoms with van der Waals surface area (Å²) in [4.78, 5) is 11.9. The van der Waals surface area contributed by atoms with Crippen molar-refractivity contribution in [2.45, 2.75) is 0 Å². The van der Waals surface area contributed by atoms with Gasteiger partial charge >= 0.3 is 0 Å². The monoisotopic (exact) mass is 143 g/mol. The Morgan fingerprint density at radius 1 is 1.89 bits per heavy atom. The van der Waals surface area contributed by atoms with Crippen molar-refractivity contribution < 1.29 is 9.53 Å². The second kappa shape index (κ2) is 2.14. The van der Waals surface area contributed by atoms with Gasteiger partial charge < -0.3 is 4.74 Å². The first-order valence-corrected chi connectivity index (χ1v) is 2.78. The molecule has 1 aliphatic rings. The van der Waals surface area contributed by atoms with Crippen LogP contribution in [0.2, 0.25) is 0 Å². The maximum absolute atomic E-state index is 10.7. The van der Waals surface area contributed by atoms with Crippen LogP contribution in [-0.4, -0.2) is 22.6 Å². The molecule has 0 bridgehead atoms. The molecule has 0 aromatic carbocycles. The third kappa shape index (κ3) is 0.929. The second-order valence-electron chi connectivity index (χ2n) is 1.50. The van der Waals surface area contributed by atoms with E-state index in [0.717, 1.165) is 0 Å². The molecule has 1 heterocycles. The highest BCUT2D eigenvalue weighted by Gasteiger charge is 2.24. The van der Waals surface area contributed by atoms with Gasteiger partial charge in [-0.1, -0.05) is 6.58 Å². The maximum Gasteiger partial charge on any atom is 0.272 e. The fourth-order valence-electron chi connectivity index (χ4n) is 0.541. The minimum absolute atomic E-state index is 0.0465. The summed E-state index contributed by atoms with van der Waals surface area (Å²) in [7, 11) is 0. The van der Waals surface area contributed by atoms with Crippen LogP contribution in [-0.2, 0) is 9.53 Å². The fraction of sp³-hybridized carbons (Fsp3) is 0.200. The third-order valence-corrected chi connectivity index (χ3v) is 1.28. The van der Waals surface area contributed by atoms with Crippen LogP contribution < -0.4 is 0 Å². The Morgan fingerprint density at radius 3 is 2.78 bits per heavy atom. The summed E-state index contributed by atoms with van der Waals surface area (Å²) in [5, 5.41) is 0.190. The minimum Gasteiger partial charge on any atom is -0.460 e. The van der Waals surface area contributed by atoms with Gasteiger partial charge in [0.2, 0.25) is 0 Å². The van der Waals surface area contributed by atoms with Crippen molar-refractivity contribution in [1.82, 2.24) is 4.90 Å². The van der Waals surface area contributed by atoms with E-state index in [1.165, 1.54) is 11.1 Å². The van der Waals surface area contributed by atoms with Gasteiger partial charge in [-0.25, -0.2) is 4.90 Å². The van der Waals surface area contributed by atoms with E-state index in [9.17, 15) is 4.79 Å². The van der Waals surface area contributed by atoms with Crippen LogP contribution in [0.5, 0.6) is 0 Å². The minimum atomic E-state index is -0.157. The van der Waals surface area contributed by atoms with Crippen molar-refractivity contribution in [1.29, 1.82) is 0 Å². The molecule has 0 unspecified atom stereocenters. The SMILES string of the molecule is C=CN1C(=O)COC1=S. The summed E-state index contributed by atoms with van der Waals surface area (Å²) in [5.41, 5.74) is 0. The Balaban J connectivity index is 2.77. The summed E-state index contributed by atoms with van der Waals surface area (Å²) >= 11 is 4.63. The number of hydrogen-bond donors (Lipinski definition) is 0. The van der Waals surface area contributed by atoms with Crippen LogP contribution in [0.1, 0.15) is 0 Å². The van der Waals surface area contributed by atoms with Crippen molar-refractivity contribution >= 4 is 23.3 Å². The first-order valence-electron chi connectivity index (χ1n) is 2.37. The lowest BCUT2D eigenvalue weighted by Crippen LogP contribution is -2.21. The molecule has 0 aromatic rings. The number of rotatable bonds is 1. The molecule has 0 saturated carbocycles. The normalized spacial score (nSPS) is 18.0. The Morgan fingerprint density at radius 2 is 2.56 bits per heavy atom. The Hall–Kier alpha value is -0.900. The highest BCUT2D eigenvalue weighted by Crippen LogP contribution is 2.04. The first kappa shape index (κ1) is 6.22. The molecule has 4 heteroatoms. The molecule has 0 aliphatic carbocycles. The quantitative estimate of drug-likeness (QED) is 0.493. The maximum atomic E-state index is 10.7. The van der Waals surface area contributed by atoms with Gasteiger partial charge in [-0.05, 0) is 12.2 Å². The van der Waals surface area contributed by atoms with Gasteiger partial charge in [-0.2, -0.15) is 0 Å². The summed E-state index contributed by atoms with van der Waals surface area (Å²) in [6, 6.07) is 0. The van der Waals surface area contributed by atoms with Gasteiger partial charge in [0.05, 0.1) is 0 Å². The van der Waals surface area contributed by atoms with Crippen LogP contribution >= 0.6 is 12.2 Å². The van der Waals surface area contributed by atoms with E-state index in [1.54, 1.807) is 0 Å². The van der Waals surface area contributed by atoms with Crippen LogP contribution in [0.15, 0.2) is 12.8 Å². The highest BCUT2D eigenvalue weighted by atomic mass is 32.1. The summed E-state index contributed by atoms with van der Waals surface area (Å²) in [6.07, 6.45) is 1.34. The molecule has 1 fully saturated rings. The fourth-order valence-corrected chi connectivity index (χ4v) is 0.776. The largest absolute Gasteiger partial charge is 0.460 e. The zero-order valence-corrected chi connectivity index (χ0v) is 5.48. The summed E-state index contributed by atoms with van der Waals surface area (Å²) in [6.45, 7) is 3.43. The lowest BCUT2D eigenvalue weighted by atomic mass is 10.6. The number of carbonyl (C=O) groups excluding carboxylic acids is 1. The van der Waals surface area contributed by atoms with Crippen LogP contribution in [0.4, 0.5) is 0 Å². The number of hydrogen-bond acceptors (Lipinski definition) is 3. The number of amides is 1. The van der Waals surface area contributed by atoms with Crippen LogP contribution in [0.3, 0.4) is 0 Å². The van der Waals surface area contributed by atoms with E-state index in [0.29, 0.717) is 0 Å². The number of ether oxygens (including phenoxy) is 1. The molecule has 1 saturated heterocycles. The second-order valence-corrected chi connectivity index (χ2v) is 1.85. The Bertz CT molecular complexity index is 162. The molecular formula is C5H5NO2S. The predicted octanol–water partition coefficient (Wildman–Crippen LogP) is 0.274.